The molecule has 0 saturated heterocycles. The molecule has 0 aliphatic heterocycles. The van der Waals surface area contributed by atoms with Crippen LogP contribution in [0.3, 0.4) is 0 Å². The quantitative estimate of drug-likeness (QED) is 0.878. The predicted octanol–water partition coefficient (Wildman–Crippen LogP) is 2.11. The zero-order valence-electron chi connectivity index (χ0n) is 11.2. The summed E-state index contributed by atoms with van der Waals surface area (Å²) in [6, 6.07) is 8.98. The lowest BCUT2D eigenvalue weighted by Crippen LogP contribution is -2.33. The highest BCUT2D eigenvalue weighted by Gasteiger charge is 2.29. The molecule has 21 heavy (non-hydrogen) atoms. The summed E-state index contributed by atoms with van der Waals surface area (Å²) < 4.78 is 4.99. The second-order valence-corrected chi connectivity index (χ2v) is 5.05. The number of aromatic nitrogens is 1. The van der Waals surface area contributed by atoms with E-state index >= 15 is 0 Å². The molecule has 0 spiro atoms. The Morgan fingerprint density at radius 2 is 2.00 bits per heavy atom. The summed E-state index contributed by atoms with van der Waals surface area (Å²) in [5.41, 5.74) is 1.26. The molecule has 1 aliphatic rings. The first-order valence-electron chi connectivity index (χ1n) is 6.70. The normalized spacial score (nSPS) is 15.4. The molecule has 1 heterocycles. The highest BCUT2D eigenvalue weighted by molar-refractivity contribution is 5.94. The molecule has 0 unspecified atom stereocenters. The van der Waals surface area contributed by atoms with Gasteiger partial charge in [-0.2, -0.15) is 0 Å². The van der Waals surface area contributed by atoms with Crippen LogP contribution in [-0.2, 0) is 4.79 Å². The maximum Gasteiger partial charge on any atom is 0.330 e. The van der Waals surface area contributed by atoms with Crippen molar-refractivity contribution in [3.63, 3.8) is 0 Å². The van der Waals surface area contributed by atoms with Crippen LogP contribution < -0.4 is 5.32 Å². The molecule has 1 fully saturated rings. The number of carbonyl (C=O) groups is 2. The van der Waals surface area contributed by atoms with Crippen LogP contribution in [0.15, 0.2) is 40.9 Å². The number of hydrogen-bond donors (Lipinski definition) is 2. The van der Waals surface area contributed by atoms with Gasteiger partial charge in [0.1, 0.15) is 0 Å². The van der Waals surface area contributed by atoms with Gasteiger partial charge in [0, 0.05) is 12.0 Å². The number of benzene rings is 1. The van der Waals surface area contributed by atoms with Gasteiger partial charge in [-0.3, -0.25) is 4.79 Å². The van der Waals surface area contributed by atoms with Crippen LogP contribution in [0.5, 0.6) is 0 Å². The molecule has 1 saturated carbocycles. The lowest BCUT2D eigenvalue weighted by Gasteiger charge is -2.13. The maximum atomic E-state index is 12.1. The van der Waals surface area contributed by atoms with Crippen LogP contribution in [0.2, 0.25) is 0 Å². The number of aliphatic carboxylic acids is 1. The second kappa shape index (κ2) is 5.40. The van der Waals surface area contributed by atoms with E-state index in [0.717, 1.165) is 18.5 Å². The van der Waals surface area contributed by atoms with Crippen LogP contribution in [0, 0.1) is 0 Å². The minimum Gasteiger partial charge on any atom is -0.479 e. The highest BCUT2D eigenvalue weighted by Crippen LogP contribution is 2.39. The van der Waals surface area contributed by atoms with E-state index in [1.165, 1.54) is 0 Å². The lowest BCUT2D eigenvalue weighted by molar-refractivity contribution is -0.139. The first kappa shape index (κ1) is 13.4. The topological polar surface area (TPSA) is 92.4 Å². The third kappa shape index (κ3) is 2.94. The average molecular weight is 286 g/mol. The van der Waals surface area contributed by atoms with Gasteiger partial charge in [0.15, 0.2) is 6.04 Å². The predicted molar refractivity (Wildman–Crippen MR) is 72.8 cm³/mol. The van der Waals surface area contributed by atoms with Crippen molar-refractivity contribution in [2.75, 3.05) is 0 Å². The van der Waals surface area contributed by atoms with Crippen LogP contribution in [0.4, 0.5) is 0 Å². The number of rotatable bonds is 5. The summed E-state index contributed by atoms with van der Waals surface area (Å²) in [5, 5.41) is 15.6. The maximum absolute atomic E-state index is 12.1. The van der Waals surface area contributed by atoms with Gasteiger partial charge in [0.05, 0.1) is 5.69 Å². The zero-order chi connectivity index (χ0) is 14.8. The van der Waals surface area contributed by atoms with Crippen molar-refractivity contribution in [1.82, 2.24) is 10.5 Å². The fourth-order valence-electron chi connectivity index (χ4n) is 2.10. The number of amides is 1. The molecule has 1 amide bonds. The van der Waals surface area contributed by atoms with E-state index < -0.39 is 17.9 Å². The molecule has 1 atom stereocenters. The number of hydrogen-bond acceptors (Lipinski definition) is 4. The van der Waals surface area contributed by atoms with E-state index in [1.54, 1.807) is 36.4 Å². The minimum absolute atomic E-state index is 0.0408. The summed E-state index contributed by atoms with van der Waals surface area (Å²) in [6.45, 7) is 0. The average Bonchev–Trinajstić information content (AvgIpc) is 3.22. The SMILES string of the molecule is O=C(N[C@H](C(=O)O)c1ccccc1)c1cc(C2CC2)no1. The third-order valence-electron chi connectivity index (χ3n) is 3.40. The van der Waals surface area contributed by atoms with Crippen molar-refractivity contribution in [2.45, 2.75) is 24.8 Å². The summed E-state index contributed by atoms with van der Waals surface area (Å²) >= 11 is 0. The highest BCUT2D eigenvalue weighted by atomic mass is 16.5. The van der Waals surface area contributed by atoms with Crippen LogP contribution in [0.25, 0.3) is 0 Å². The standard InChI is InChI=1S/C15H14N2O4/c18-14(12-8-11(17-21-12)9-6-7-9)16-13(15(19)20)10-4-2-1-3-5-10/h1-5,8-9,13H,6-7H2,(H,16,18)(H,19,20)/t13-/m0/s1. The molecule has 2 aromatic rings. The van der Waals surface area contributed by atoms with Gasteiger partial charge in [-0.1, -0.05) is 35.5 Å². The molecule has 6 heteroatoms. The zero-order valence-corrected chi connectivity index (χ0v) is 11.2. The lowest BCUT2D eigenvalue weighted by atomic mass is 10.1. The van der Waals surface area contributed by atoms with Crippen LogP contribution in [0.1, 0.15) is 46.6 Å². The van der Waals surface area contributed by atoms with Gasteiger partial charge in [-0.15, -0.1) is 0 Å². The van der Waals surface area contributed by atoms with Crippen molar-refractivity contribution >= 4 is 11.9 Å². The molecule has 0 bridgehead atoms. The van der Waals surface area contributed by atoms with E-state index in [-0.39, 0.29) is 5.76 Å². The fraction of sp³-hybridized carbons (Fsp3) is 0.267. The van der Waals surface area contributed by atoms with Crippen LogP contribution in [-0.4, -0.2) is 22.1 Å². The third-order valence-corrected chi connectivity index (χ3v) is 3.40. The van der Waals surface area contributed by atoms with Crippen LogP contribution >= 0.6 is 0 Å². The molecule has 0 radical (unpaired) electrons. The van der Waals surface area contributed by atoms with Crippen molar-refractivity contribution in [1.29, 1.82) is 0 Å². The Kier molecular flexibility index (Phi) is 3.43. The van der Waals surface area contributed by atoms with E-state index in [2.05, 4.69) is 10.5 Å². The first-order valence-corrected chi connectivity index (χ1v) is 6.70. The smallest absolute Gasteiger partial charge is 0.330 e. The summed E-state index contributed by atoms with van der Waals surface area (Å²) in [6.07, 6.45) is 2.10. The van der Waals surface area contributed by atoms with Crippen molar-refractivity contribution in [3.05, 3.63) is 53.4 Å². The van der Waals surface area contributed by atoms with Crippen molar-refractivity contribution < 1.29 is 19.2 Å². The Bertz CT molecular complexity index is 661. The molecule has 108 valence electrons. The van der Waals surface area contributed by atoms with Gasteiger partial charge in [-0.25, -0.2) is 4.79 Å². The number of carboxylic acids is 1. The number of carbonyl (C=O) groups excluding carboxylic acids is 1. The van der Waals surface area contributed by atoms with Gasteiger partial charge in [-0.05, 0) is 18.4 Å². The summed E-state index contributed by atoms with van der Waals surface area (Å²) in [5.74, 6) is -1.29. The van der Waals surface area contributed by atoms with E-state index in [9.17, 15) is 14.7 Å². The molecule has 6 nitrogen and oxygen atoms in total. The van der Waals surface area contributed by atoms with E-state index in [4.69, 9.17) is 4.52 Å². The molecule has 3 rings (SSSR count). The Balaban J connectivity index is 1.75. The minimum atomic E-state index is -1.13. The van der Waals surface area contributed by atoms with Gasteiger partial charge in [0.25, 0.3) is 5.91 Å². The van der Waals surface area contributed by atoms with Gasteiger partial charge >= 0.3 is 5.97 Å². The van der Waals surface area contributed by atoms with Gasteiger partial charge < -0.3 is 14.9 Å². The molecule has 1 aliphatic carbocycles. The Morgan fingerprint density at radius 1 is 1.29 bits per heavy atom. The summed E-state index contributed by atoms with van der Waals surface area (Å²) in [7, 11) is 0. The van der Waals surface area contributed by atoms with Crippen molar-refractivity contribution in [2.24, 2.45) is 0 Å². The van der Waals surface area contributed by atoms with E-state index in [1.807, 2.05) is 0 Å². The summed E-state index contributed by atoms with van der Waals surface area (Å²) in [4.78, 5) is 23.4. The Labute approximate surface area is 120 Å². The molecular formula is C15H14N2O4. The molecule has 1 aromatic carbocycles. The Morgan fingerprint density at radius 3 is 2.62 bits per heavy atom. The molecular weight excluding hydrogens is 272 g/mol. The number of nitrogens with zero attached hydrogens (tertiary/aromatic N) is 1. The van der Waals surface area contributed by atoms with E-state index in [0.29, 0.717) is 11.5 Å². The molecule has 2 N–H and O–H groups in total. The monoisotopic (exact) mass is 286 g/mol. The van der Waals surface area contributed by atoms with Gasteiger partial charge in [0.2, 0.25) is 5.76 Å². The van der Waals surface area contributed by atoms with Crippen molar-refractivity contribution in [3.8, 4) is 0 Å². The number of nitrogens with one attached hydrogen (secondary N) is 1. The second-order valence-electron chi connectivity index (χ2n) is 5.05. The first-order chi connectivity index (χ1) is 10.1. The fourth-order valence-corrected chi connectivity index (χ4v) is 2.10. The largest absolute Gasteiger partial charge is 0.479 e. The number of carboxylic acid groups (broad SMARTS) is 1. The Hall–Kier alpha value is -2.63. The molecule has 1 aromatic heterocycles.